The van der Waals surface area contributed by atoms with E-state index >= 15 is 0 Å². The zero-order valence-corrected chi connectivity index (χ0v) is 11.5. The first-order chi connectivity index (χ1) is 6.85. The summed E-state index contributed by atoms with van der Waals surface area (Å²) in [5.41, 5.74) is 0. The van der Waals surface area contributed by atoms with E-state index in [1.807, 2.05) is 0 Å². The Balaban J connectivity index is 3.44. The standard InChI is InChI=1S/C11H26O2Si/c1-4-7-9-12-11(14-6-3)13-10-8-5-2/h11H,4-10,14H2,1-3H3. The van der Waals surface area contributed by atoms with Crippen molar-refractivity contribution in [2.45, 2.75) is 58.4 Å². The molecular weight excluding hydrogens is 192 g/mol. The first kappa shape index (κ1) is 14.1. The van der Waals surface area contributed by atoms with Crippen LogP contribution in [-0.4, -0.2) is 28.6 Å². The molecule has 14 heavy (non-hydrogen) atoms. The van der Waals surface area contributed by atoms with Crippen molar-refractivity contribution in [1.82, 2.24) is 0 Å². The number of rotatable bonds is 10. The molecule has 0 aromatic heterocycles. The van der Waals surface area contributed by atoms with Gasteiger partial charge in [-0.15, -0.1) is 0 Å². The summed E-state index contributed by atoms with van der Waals surface area (Å²) in [6, 6.07) is 1.27. The second-order valence-corrected chi connectivity index (χ2v) is 5.91. The van der Waals surface area contributed by atoms with Crippen molar-refractivity contribution in [1.29, 1.82) is 0 Å². The summed E-state index contributed by atoms with van der Waals surface area (Å²) in [7, 11) is -0.165. The van der Waals surface area contributed by atoms with Gasteiger partial charge >= 0.3 is 0 Å². The van der Waals surface area contributed by atoms with Crippen LogP contribution in [0.5, 0.6) is 0 Å². The van der Waals surface area contributed by atoms with Crippen molar-refractivity contribution in [2.24, 2.45) is 0 Å². The Bertz CT molecular complexity index is 99.5. The van der Waals surface area contributed by atoms with E-state index < -0.39 is 0 Å². The van der Waals surface area contributed by atoms with Crippen LogP contribution in [0.15, 0.2) is 0 Å². The fourth-order valence-corrected chi connectivity index (χ4v) is 2.31. The van der Waals surface area contributed by atoms with Gasteiger partial charge in [-0.05, 0) is 12.8 Å². The molecule has 0 unspecified atom stereocenters. The fourth-order valence-electron chi connectivity index (χ4n) is 1.17. The maximum absolute atomic E-state index is 5.71. The molecule has 0 amide bonds. The lowest BCUT2D eigenvalue weighted by Crippen LogP contribution is -2.25. The average Bonchev–Trinajstić information content (AvgIpc) is 2.18. The van der Waals surface area contributed by atoms with Crippen LogP contribution in [0.25, 0.3) is 0 Å². The van der Waals surface area contributed by atoms with Crippen LogP contribution in [0.3, 0.4) is 0 Å². The largest absolute Gasteiger partial charge is 0.357 e. The minimum Gasteiger partial charge on any atom is -0.357 e. The van der Waals surface area contributed by atoms with E-state index in [4.69, 9.17) is 9.47 Å². The molecule has 0 N–H and O–H groups in total. The summed E-state index contributed by atoms with van der Waals surface area (Å²) in [4.78, 5) is 0. The predicted molar refractivity (Wildman–Crippen MR) is 64.5 cm³/mol. The Morgan fingerprint density at radius 1 is 0.929 bits per heavy atom. The van der Waals surface area contributed by atoms with Crippen molar-refractivity contribution in [3.8, 4) is 0 Å². The van der Waals surface area contributed by atoms with E-state index in [1.165, 1.54) is 18.9 Å². The van der Waals surface area contributed by atoms with Gasteiger partial charge in [0.15, 0.2) is 0 Å². The van der Waals surface area contributed by atoms with E-state index in [1.54, 1.807) is 0 Å². The van der Waals surface area contributed by atoms with E-state index in [0.717, 1.165) is 26.1 Å². The number of unbranched alkanes of at least 4 members (excludes halogenated alkanes) is 2. The van der Waals surface area contributed by atoms with Crippen molar-refractivity contribution in [3.63, 3.8) is 0 Å². The van der Waals surface area contributed by atoms with Crippen LogP contribution in [0.1, 0.15) is 46.5 Å². The summed E-state index contributed by atoms with van der Waals surface area (Å²) in [6.45, 7) is 8.35. The van der Waals surface area contributed by atoms with Crippen LogP contribution in [-0.2, 0) is 9.47 Å². The molecule has 0 aliphatic heterocycles. The summed E-state index contributed by atoms with van der Waals surface area (Å²) < 4.78 is 11.4. The Morgan fingerprint density at radius 3 is 1.79 bits per heavy atom. The first-order valence-electron chi connectivity index (χ1n) is 6.08. The van der Waals surface area contributed by atoms with Crippen molar-refractivity contribution < 1.29 is 9.47 Å². The zero-order chi connectivity index (χ0) is 10.6. The van der Waals surface area contributed by atoms with Gasteiger partial charge in [0.05, 0.1) is 9.52 Å². The molecule has 0 heterocycles. The van der Waals surface area contributed by atoms with Gasteiger partial charge in [0, 0.05) is 13.2 Å². The summed E-state index contributed by atoms with van der Waals surface area (Å²) in [5.74, 6) is 0.179. The molecule has 0 saturated heterocycles. The van der Waals surface area contributed by atoms with Crippen LogP contribution >= 0.6 is 0 Å². The average molecular weight is 218 g/mol. The van der Waals surface area contributed by atoms with E-state index in [-0.39, 0.29) is 15.4 Å². The molecule has 0 fully saturated rings. The Kier molecular flexibility index (Phi) is 11.3. The molecule has 0 rings (SSSR count). The third-order valence-corrected chi connectivity index (χ3v) is 3.65. The molecule has 0 aromatic rings. The maximum Gasteiger partial charge on any atom is 0.134 e. The van der Waals surface area contributed by atoms with Crippen molar-refractivity contribution in [2.75, 3.05) is 13.2 Å². The highest BCUT2D eigenvalue weighted by molar-refractivity contribution is 6.36. The second-order valence-electron chi connectivity index (χ2n) is 3.67. The lowest BCUT2D eigenvalue weighted by molar-refractivity contribution is -0.0920. The van der Waals surface area contributed by atoms with Crippen LogP contribution in [0, 0.1) is 0 Å². The highest BCUT2D eigenvalue weighted by atomic mass is 28.2. The number of hydrogen-bond acceptors (Lipinski definition) is 2. The van der Waals surface area contributed by atoms with Crippen LogP contribution < -0.4 is 0 Å². The molecule has 0 bridgehead atoms. The van der Waals surface area contributed by atoms with Gasteiger partial charge < -0.3 is 9.47 Å². The third-order valence-electron chi connectivity index (χ3n) is 2.13. The second kappa shape index (κ2) is 11.2. The Labute approximate surface area is 91.2 Å². The molecule has 0 saturated carbocycles. The predicted octanol–water partition coefficient (Wildman–Crippen LogP) is 2.51. The Morgan fingerprint density at radius 2 is 1.43 bits per heavy atom. The van der Waals surface area contributed by atoms with E-state index in [2.05, 4.69) is 20.8 Å². The fraction of sp³-hybridized carbons (Fsp3) is 1.00. The number of hydrogen-bond donors (Lipinski definition) is 0. The summed E-state index contributed by atoms with van der Waals surface area (Å²) in [6.07, 6.45) is 4.72. The molecule has 86 valence electrons. The highest BCUT2D eigenvalue weighted by Gasteiger charge is 2.07. The van der Waals surface area contributed by atoms with Crippen LogP contribution in [0.4, 0.5) is 0 Å². The zero-order valence-electron chi connectivity index (χ0n) is 10.1. The quantitative estimate of drug-likeness (QED) is 0.319. The first-order valence-corrected chi connectivity index (χ1v) is 7.89. The molecule has 0 aliphatic rings. The van der Waals surface area contributed by atoms with Gasteiger partial charge in [0.25, 0.3) is 0 Å². The normalized spacial score (nSPS) is 12.0. The van der Waals surface area contributed by atoms with E-state index in [9.17, 15) is 0 Å². The smallest absolute Gasteiger partial charge is 0.134 e. The lowest BCUT2D eigenvalue weighted by Gasteiger charge is -2.17. The topological polar surface area (TPSA) is 18.5 Å². The van der Waals surface area contributed by atoms with Gasteiger partial charge in [-0.25, -0.2) is 0 Å². The third kappa shape index (κ3) is 8.72. The van der Waals surface area contributed by atoms with E-state index in [0.29, 0.717) is 0 Å². The number of ether oxygens (including phenoxy) is 2. The van der Waals surface area contributed by atoms with Crippen molar-refractivity contribution in [3.05, 3.63) is 0 Å². The molecule has 3 heteroatoms. The summed E-state index contributed by atoms with van der Waals surface area (Å²) in [5, 5.41) is 0. The monoisotopic (exact) mass is 218 g/mol. The van der Waals surface area contributed by atoms with Gasteiger partial charge in [0.2, 0.25) is 0 Å². The highest BCUT2D eigenvalue weighted by Crippen LogP contribution is 2.00. The minimum atomic E-state index is -0.165. The molecule has 2 nitrogen and oxygen atoms in total. The van der Waals surface area contributed by atoms with Gasteiger partial charge in [-0.1, -0.05) is 39.7 Å². The molecule has 0 aromatic carbocycles. The Hall–Kier alpha value is 0.137. The molecule has 0 aliphatic carbocycles. The van der Waals surface area contributed by atoms with Gasteiger partial charge in [-0.2, -0.15) is 0 Å². The molecule has 0 spiro atoms. The lowest BCUT2D eigenvalue weighted by atomic mass is 10.4. The summed E-state index contributed by atoms with van der Waals surface area (Å²) >= 11 is 0. The SMILES string of the molecule is CCCCOC(OCCCC)[SiH2]CC. The minimum absolute atomic E-state index is 0.165. The van der Waals surface area contributed by atoms with Gasteiger partial charge in [0.1, 0.15) is 5.91 Å². The maximum atomic E-state index is 5.71. The van der Waals surface area contributed by atoms with Crippen molar-refractivity contribution >= 4 is 9.52 Å². The molecule has 0 radical (unpaired) electrons. The molecule has 0 atom stereocenters. The van der Waals surface area contributed by atoms with Crippen LogP contribution in [0.2, 0.25) is 6.04 Å². The van der Waals surface area contributed by atoms with Gasteiger partial charge in [-0.3, -0.25) is 0 Å². The molecular formula is C11H26O2Si.